The average Bonchev–Trinajstić information content (AvgIpc) is 2.49. The molecule has 1 aliphatic heterocycles. The van der Waals surface area contributed by atoms with E-state index >= 15 is 0 Å². The molecule has 2 aromatic rings. The Morgan fingerprint density at radius 1 is 1.00 bits per heavy atom. The van der Waals surface area contributed by atoms with Crippen LogP contribution in [-0.4, -0.2) is 28.7 Å². The van der Waals surface area contributed by atoms with Crippen LogP contribution in [0.15, 0.2) is 60.7 Å². The SMILES string of the molecule is CC[C@H]1[C@@H](O)CN1C(c1ccccc1)c1ccccc1. The maximum atomic E-state index is 9.98. The fourth-order valence-corrected chi connectivity index (χ4v) is 3.21. The minimum Gasteiger partial charge on any atom is -0.390 e. The quantitative estimate of drug-likeness (QED) is 0.919. The lowest BCUT2D eigenvalue weighted by Crippen LogP contribution is -2.60. The fraction of sp³-hybridized carbons (Fsp3) is 0.333. The highest BCUT2D eigenvalue weighted by atomic mass is 16.3. The van der Waals surface area contributed by atoms with Gasteiger partial charge in [0, 0.05) is 12.6 Å². The van der Waals surface area contributed by atoms with Crippen LogP contribution in [-0.2, 0) is 0 Å². The Labute approximate surface area is 120 Å². The van der Waals surface area contributed by atoms with Crippen LogP contribution in [0.2, 0.25) is 0 Å². The Bertz CT molecular complexity index is 500. The minimum absolute atomic E-state index is 0.185. The molecule has 1 saturated heterocycles. The van der Waals surface area contributed by atoms with Gasteiger partial charge >= 0.3 is 0 Å². The summed E-state index contributed by atoms with van der Waals surface area (Å²) in [6.45, 7) is 2.90. The van der Waals surface area contributed by atoms with E-state index in [4.69, 9.17) is 0 Å². The number of nitrogens with zero attached hydrogens (tertiary/aromatic N) is 1. The van der Waals surface area contributed by atoms with Gasteiger partial charge in [-0.15, -0.1) is 0 Å². The van der Waals surface area contributed by atoms with Gasteiger partial charge in [0.15, 0.2) is 0 Å². The van der Waals surface area contributed by atoms with Crippen LogP contribution in [0.5, 0.6) is 0 Å². The second-order valence-corrected chi connectivity index (χ2v) is 5.46. The Kier molecular flexibility index (Phi) is 3.86. The van der Waals surface area contributed by atoms with Crippen molar-refractivity contribution < 1.29 is 5.11 Å². The van der Waals surface area contributed by atoms with Crippen molar-refractivity contribution in [3.05, 3.63) is 71.8 Å². The molecular formula is C18H21NO. The van der Waals surface area contributed by atoms with E-state index < -0.39 is 0 Å². The molecule has 0 unspecified atom stereocenters. The Morgan fingerprint density at radius 3 is 1.90 bits per heavy atom. The van der Waals surface area contributed by atoms with E-state index in [2.05, 4.69) is 60.4 Å². The smallest absolute Gasteiger partial charge is 0.0822 e. The lowest BCUT2D eigenvalue weighted by Gasteiger charge is -2.49. The van der Waals surface area contributed by atoms with Crippen molar-refractivity contribution in [3.8, 4) is 0 Å². The Morgan fingerprint density at radius 2 is 1.50 bits per heavy atom. The topological polar surface area (TPSA) is 23.5 Å². The molecule has 1 N–H and O–H groups in total. The van der Waals surface area contributed by atoms with E-state index in [9.17, 15) is 5.11 Å². The van der Waals surface area contributed by atoms with Crippen LogP contribution < -0.4 is 0 Å². The van der Waals surface area contributed by atoms with Gasteiger partial charge in [-0.3, -0.25) is 4.90 Å². The van der Waals surface area contributed by atoms with E-state index in [0.29, 0.717) is 0 Å². The average molecular weight is 267 g/mol. The second-order valence-electron chi connectivity index (χ2n) is 5.46. The number of likely N-dealkylation sites (tertiary alicyclic amines) is 1. The van der Waals surface area contributed by atoms with E-state index in [0.717, 1.165) is 13.0 Å². The molecule has 3 rings (SSSR count). The molecule has 20 heavy (non-hydrogen) atoms. The zero-order chi connectivity index (χ0) is 13.9. The monoisotopic (exact) mass is 267 g/mol. The number of hydrogen-bond donors (Lipinski definition) is 1. The third kappa shape index (κ3) is 2.37. The van der Waals surface area contributed by atoms with Crippen molar-refractivity contribution in [2.45, 2.75) is 31.5 Å². The molecule has 1 fully saturated rings. The number of rotatable bonds is 4. The van der Waals surface area contributed by atoms with Crippen LogP contribution in [0.1, 0.15) is 30.5 Å². The largest absolute Gasteiger partial charge is 0.390 e. The molecule has 2 heteroatoms. The Hall–Kier alpha value is -1.64. The summed E-state index contributed by atoms with van der Waals surface area (Å²) in [4.78, 5) is 2.41. The molecule has 2 nitrogen and oxygen atoms in total. The molecule has 0 amide bonds. The van der Waals surface area contributed by atoms with Crippen molar-refractivity contribution in [3.63, 3.8) is 0 Å². The van der Waals surface area contributed by atoms with Gasteiger partial charge in [-0.05, 0) is 17.5 Å². The van der Waals surface area contributed by atoms with Gasteiger partial charge in [0.2, 0.25) is 0 Å². The van der Waals surface area contributed by atoms with Crippen LogP contribution >= 0.6 is 0 Å². The van der Waals surface area contributed by atoms with Gasteiger partial charge in [0.05, 0.1) is 12.1 Å². The standard InChI is InChI=1S/C18H21NO/c1-2-16-17(20)13-19(16)18(14-9-5-3-6-10-14)15-11-7-4-8-12-15/h3-12,16-18,20H,2,13H2,1H3/t16-,17-/m0/s1. The maximum absolute atomic E-state index is 9.98. The van der Waals surface area contributed by atoms with Crippen molar-refractivity contribution in [1.82, 2.24) is 4.90 Å². The molecule has 2 aromatic carbocycles. The zero-order valence-corrected chi connectivity index (χ0v) is 11.8. The van der Waals surface area contributed by atoms with E-state index in [1.54, 1.807) is 0 Å². The summed E-state index contributed by atoms with van der Waals surface area (Å²) < 4.78 is 0. The lowest BCUT2D eigenvalue weighted by molar-refractivity contribution is -0.0794. The molecular weight excluding hydrogens is 246 g/mol. The zero-order valence-electron chi connectivity index (χ0n) is 11.8. The fourth-order valence-electron chi connectivity index (χ4n) is 3.21. The Balaban J connectivity index is 1.97. The number of hydrogen-bond acceptors (Lipinski definition) is 2. The van der Waals surface area contributed by atoms with Crippen molar-refractivity contribution in [2.24, 2.45) is 0 Å². The van der Waals surface area contributed by atoms with Crippen LogP contribution in [0.4, 0.5) is 0 Å². The molecule has 1 aliphatic rings. The summed E-state index contributed by atoms with van der Waals surface area (Å²) >= 11 is 0. The van der Waals surface area contributed by atoms with E-state index in [1.807, 2.05) is 12.1 Å². The molecule has 0 aromatic heterocycles. The third-order valence-electron chi connectivity index (χ3n) is 4.25. The minimum atomic E-state index is -0.185. The number of β-amino-alcohol motifs (C(OH)–C–C–N with tert-alkyl or cyclic N) is 1. The summed E-state index contributed by atoms with van der Waals surface area (Å²) in [7, 11) is 0. The van der Waals surface area contributed by atoms with Crippen LogP contribution in [0, 0.1) is 0 Å². The highest BCUT2D eigenvalue weighted by Gasteiger charge is 2.41. The molecule has 0 saturated carbocycles. The first-order valence-corrected chi connectivity index (χ1v) is 7.35. The molecule has 0 bridgehead atoms. The number of aliphatic hydroxyl groups is 1. The van der Waals surface area contributed by atoms with Gasteiger partial charge in [0.25, 0.3) is 0 Å². The van der Waals surface area contributed by atoms with Crippen LogP contribution in [0.25, 0.3) is 0 Å². The lowest BCUT2D eigenvalue weighted by atomic mass is 9.88. The second kappa shape index (κ2) is 5.78. The highest BCUT2D eigenvalue weighted by molar-refractivity contribution is 5.33. The van der Waals surface area contributed by atoms with Crippen molar-refractivity contribution >= 4 is 0 Å². The normalized spacial score (nSPS) is 22.8. The summed E-state index contributed by atoms with van der Waals surface area (Å²) in [5.41, 5.74) is 2.59. The molecule has 2 atom stereocenters. The molecule has 1 heterocycles. The number of aliphatic hydroxyl groups excluding tert-OH is 1. The van der Waals surface area contributed by atoms with E-state index in [1.165, 1.54) is 11.1 Å². The molecule has 104 valence electrons. The molecule has 0 aliphatic carbocycles. The maximum Gasteiger partial charge on any atom is 0.0822 e. The summed E-state index contributed by atoms with van der Waals surface area (Å²) in [5.74, 6) is 0. The van der Waals surface area contributed by atoms with Gasteiger partial charge in [0.1, 0.15) is 0 Å². The van der Waals surface area contributed by atoms with Gasteiger partial charge < -0.3 is 5.11 Å². The van der Waals surface area contributed by atoms with Gasteiger partial charge in [-0.25, -0.2) is 0 Å². The third-order valence-corrected chi connectivity index (χ3v) is 4.25. The molecule has 0 radical (unpaired) electrons. The van der Waals surface area contributed by atoms with E-state index in [-0.39, 0.29) is 18.2 Å². The van der Waals surface area contributed by atoms with Crippen molar-refractivity contribution in [2.75, 3.05) is 6.54 Å². The summed E-state index contributed by atoms with van der Waals surface area (Å²) in [6.07, 6.45) is 0.798. The van der Waals surface area contributed by atoms with Crippen LogP contribution in [0.3, 0.4) is 0 Å². The van der Waals surface area contributed by atoms with Gasteiger partial charge in [-0.1, -0.05) is 67.6 Å². The predicted molar refractivity (Wildman–Crippen MR) is 81.5 cm³/mol. The first kappa shape index (κ1) is 13.3. The summed E-state index contributed by atoms with van der Waals surface area (Å²) in [5, 5.41) is 9.98. The first-order chi connectivity index (χ1) is 9.81. The molecule has 0 spiro atoms. The van der Waals surface area contributed by atoms with Gasteiger partial charge in [-0.2, -0.15) is 0 Å². The predicted octanol–water partition coefficient (Wildman–Crippen LogP) is 3.23. The summed E-state index contributed by atoms with van der Waals surface area (Å²) in [6, 6.07) is 21.7. The highest BCUT2D eigenvalue weighted by Crippen LogP contribution is 2.36. The first-order valence-electron chi connectivity index (χ1n) is 7.35. The van der Waals surface area contributed by atoms with Crippen molar-refractivity contribution in [1.29, 1.82) is 0 Å². The number of benzene rings is 2.